The van der Waals surface area contributed by atoms with Crippen LogP contribution < -0.4 is 14.8 Å². The molecule has 2 heterocycles. The molecule has 26 heavy (non-hydrogen) atoms. The Morgan fingerprint density at radius 2 is 2.04 bits per heavy atom. The minimum absolute atomic E-state index is 0.0674. The van der Waals surface area contributed by atoms with Crippen molar-refractivity contribution in [1.82, 2.24) is 15.3 Å². The maximum Gasteiger partial charge on any atom is 0.258 e. The molecule has 1 aliphatic rings. The molecule has 6 nitrogen and oxygen atoms in total. The quantitative estimate of drug-likeness (QED) is 0.648. The third kappa shape index (κ3) is 3.62. The van der Waals surface area contributed by atoms with E-state index >= 15 is 0 Å². The zero-order valence-electron chi connectivity index (χ0n) is 14.2. The first-order valence-corrected chi connectivity index (χ1v) is 9.45. The van der Waals surface area contributed by atoms with Crippen molar-refractivity contribution in [2.24, 2.45) is 0 Å². The molecule has 0 saturated heterocycles. The molecule has 0 aliphatic heterocycles. The number of fused-ring (bicyclic) bond motifs is 3. The minimum atomic E-state index is -0.194. The van der Waals surface area contributed by atoms with Crippen LogP contribution >= 0.6 is 11.3 Å². The van der Waals surface area contributed by atoms with Crippen LogP contribution in [0.1, 0.15) is 16.9 Å². The molecule has 4 rings (SSSR count). The number of para-hydroxylation sites is 1. The molecule has 134 valence electrons. The van der Waals surface area contributed by atoms with E-state index in [0.29, 0.717) is 19.0 Å². The number of rotatable bonds is 7. The fraction of sp³-hybridized carbons (Fsp3) is 0.316. The van der Waals surface area contributed by atoms with Crippen LogP contribution in [0.2, 0.25) is 0 Å². The van der Waals surface area contributed by atoms with Crippen LogP contribution in [-0.4, -0.2) is 35.6 Å². The average molecular weight is 369 g/mol. The van der Waals surface area contributed by atoms with Gasteiger partial charge in [-0.1, -0.05) is 18.2 Å². The predicted octanol–water partition coefficient (Wildman–Crippen LogP) is 2.75. The first-order chi connectivity index (χ1) is 12.8. The Hall–Kier alpha value is -2.67. The fourth-order valence-corrected chi connectivity index (χ4v) is 4.29. The molecule has 2 aromatic heterocycles. The van der Waals surface area contributed by atoms with E-state index < -0.39 is 0 Å². The highest BCUT2D eigenvalue weighted by atomic mass is 32.1. The molecule has 0 radical (unpaired) electrons. The number of carbonyl (C=O) groups is 1. The minimum Gasteiger partial charge on any atom is -0.492 e. The molecule has 0 atom stereocenters. The summed E-state index contributed by atoms with van der Waals surface area (Å²) in [7, 11) is 0. The lowest BCUT2D eigenvalue weighted by atomic mass is 10.2. The number of nitrogens with zero attached hydrogens (tertiary/aromatic N) is 2. The summed E-state index contributed by atoms with van der Waals surface area (Å²) in [6.07, 6.45) is 4.78. The summed E-state index contributed by atoms with van der Waals surface area (Å²) in [4.78, 5) is 22.9. The standard InChI is InChI=1S/C19H19N3O3S/c23-16(20-9-10-24-13-5-2-1-3-6-13)11-25-18-17-14-7-4-8-15(14)26-19(17)22-12-21-18/h1-3,5-6,12H,4,7-11H2,(H,20,23). The molecule has 0 unspecified atom stereocenters. The van der Waals surface area contributed by atoms with Crippen molar-refractivity contribution in [3.8, 4) is 11.6 Å². The van der Waals surface area contributed by atoms with Gasteiger partial charge in [-0.3, -0.25) is 4.79 Å². The molecule has 7 heteroatoms. The Kier molecular flexibility index (Phi) is 4.97. The first kappa shape index (κ1) is 16.8. The summed E-state index contributed by atoms with van der Waals surface area (Å²) in [5.41, 5.74) is 1.29. The van der Waals surface area contributed by atoms with Crippen molar-refractivity contribution in [3.63, 3.8) is 0 Å². The Morgan fingerprint density at radius 1 is 1.15 bits per heavy atom. The van der Waals surface area contributed by atoms with Crippen molar-refractivity contribution in [2.75, 3.05) is 19.8 Å². The number of amides is 1. The lowest BCUT2D eigenvalue weighted by Crippen LogP contribution is -2.32. The highest BCUT2D eigenvalue weighted by Crippen LogP contribution is 2.39. The average Bonchev–Trinajstić information content (AvgIpc) is 3.25. The fourth-order valence-electron chi connectivity index (χ4n) is 3.07. The third-order valence-corrected chi connectivity index (χ3v) is 5.44. The van der Waals surface area contributed by atoms with E-state index in [1.54, 1.807) is 11.3 Å². The lowest BCUT2D eigenvalue weighted by Gasteiger charge is -2.09. The van der Waals surface area contributed by atoms with E-state index in [4.69, 9.17) is 9.47 Å². The Labute approximate surface area is 155 Å². The van der Waals surface area contributed by atoms with Gasteiger partial charge in [0.15, 0.2) is 6.61 Å². The van der Waals surface area contributed by atoms with Crippen LogP contribution in [-0.2, 0) is 17.6 Å². The van der Waals surface area contributed by atoms with Gasteiger partial charge in [-0.05, 0) is 37.0 Å². The van der Waals surface area contributed by atoms with Crippen LogP contribution in [0.5, 0.6) is 11.6 Å². The SMILES string of the molecule is O=C(COc1ncnc2sc3c(c12)CCC3)NCCOc1ccccc1. The predicted molar refractivity (Wildman–Crippen MR) is 99.9 cm³/mol. The van der Waals surface area contributed by atoms with Gasteiger partial charge < -0.3 is 14.8 Å². The Balaban J connectivity index is 1.29. The zero-order valence-corrected chi connectivity index (χ0v) is 15.1. The molecule has 0 fully saturated rings. The van der Waals surface area contributed by atoms with Gasteiger partial charge in [0.1, 0.15) is 23.5 Å². The molecule has 0 bridgehead atoms. The van der Waals surface area contributed by atoms with Gasteiger partial charge in [0.25, 0.3) is 5.91 Å². The van der Waals surface area contributed by atoms with Gasteiger partial charge in [-0.15, -0.1) is 11.3 Å². The largest absolute Gasteiger partial charge is 0.492 e. The maximum absolute atomic E-state index is 12.0. The molecule has 1 N–H and O–H groups in total. The molecule has 1 aliphatic carbocycles. The maximum atomic E-state index is 12.0. The molecule has 3 aromatic rings. The normalized spacial score (nSPS) is 12.8. The molecule has 0 spiro atoms. The van der Waals surface area contributed by atoms with E-state index in [1.807, 2.05) is 30.3 Å². The van der Waals surface area contributed by atoms with E-state index in [2.05, 4.69) is 15.3 Å². The van der Waals surface area contributed by atoms with E-state index in [-0.39, 0.29) is 12.5 Å². The Bertz CT molecular complexity index is 911. The number of aryl methyl sites for hydroxylation is 2. The van der Waals surface area contributed by atoms with Gasteiger partial charge in [0, 0.05) is 4.88 Å². The van der Waals surface area contributed by atoms with Crippen molar-refractivity contribution >= 4 is 27.5 Å². The van der Waals surface area contributed by atoms with Crippen LogP contribution in [0.3, 0.4) is 0 Å². The Morgan fingerprint density at radius 3 is 2.92 bits per heavy atom. The second kappa shape index (κ2) is 7.70. The van der Waals surface area contributed by atoms with Crippen LogP contribution in [0.25, 0.3) is 10.2 Å². The number of thiophene rings is 1. The number of ether oxygens (including phenoxy) is 2. The molecular formula is C19H19N3O3S. The number of benzene rings is 1. The highest BCUT2D eigenvalue weighted by molar-refractivity contribution is 7.18. The van der Waals surface area contributed by atoms with Crippen LogP contribution in [0, 0.1) is 0 Å². The van der Waals surface area contributed by atoms with E-state index in [1.165, 1.54) is 16.8 Å². The smallest absolute Gasteiger partial charge is 0.258 e. The summed E-state index contributed by atoms with van der Waals surface area (Å²) in [5, 5.41) is 3.76. The van der Waals surface area contributed by atoms with Crippen LogP contribution in [0.15, 0.2) is 36.7 Å². The number of nitrogens with one attached hydrogen (secondary N) is 1. The molecule has 1 aromatic carbocycles. The first-order valence-electron chi connectivity index (χ1n) is 8.64. The monoisotopic (exact) mass is 369 g/mol. The van der Waals surface area contributed by atoms with Crippen molar-refractivity contribution in [2.45, 2.75) is 19.3 Å². The molecular weight excluding hydrogens is 350 g/mol. The second-order valence-electron chi connectivity index (χ2n) is 6.02. The third-order valence-electron chi connectivity index (χ3n) is 4.24. The van der Waals surface area contributed by atoms with Crippen molar-refractivity contribution in [1.29, 1.82) is 0 Å². The molecule has 1 amide bonds. The summed E-state index contributed by atoms with van der Waals surface area (Å²) < 4.78 is 11.2. The lowest BCUT2D eigenvalue weighted by molar-refractivity contribution is -0.123. The number of hydrogen-bond acceptors (Lipinski definition) is 6. The summed E-state index contributed by atoms with van der Waals surface area (Å²) >= 11 is 1.70. The number of aromatic nitrogens is 2. The van der Waals surface area contributed by atoms with E-state index in [9.17, 15) is 4.79 Å². The van der Waals surface area contributed by atoms with Crippen LogP contribution in [0.4, 0.5) is 0 Å². The second-order valence-corrected chi connectivity index (χ2v) is 7.10. The van der Waals surface area contributed by atoms with Gasteiger partial charge >= 0.3 is 0 Å². The summed E-state index contributed by atoms with van der Waals surface area (Å²) in [5.74, 6) is 1.10. The summed E-state index contributed by atoms with van der Waals surface area (Å²) in [6.45, 7) is 0.762. The number of carbonyl (C=O) groups excluding carboxylic acids is 1. The number of hydrogen-bond donors (Lipinski definition) is 1. The van der Waals surface area contributed by atoms with Gasteiger partial charge in [0.05, 0.1) is 11.9 Å². The van der Waals surface area contributed by atoms with Gasteiger partial charge in [0.2, 0.25) is 5.88 Å². The zero-order chi connectivity index (χ0) is 17.8. The van der Waals surface area contributed by atoms with Gasteiger partial charge in [-0.25, -0.2) is 9.97 Å². The van der Waals surface area contributed by atoms with Crippen molar-refractivity contribution in [3.05, 3.63) is 47.1 Å². The van der Waals surface area contributed by atoms with Crippen molar-refractivity contribution < 1.29 is 14.3 Å². The van der Waals surface area contributed by atoms with Gasteiger partial charge in [-0.2, -0.15) is 0 Å². The van der Waals surface area contributed by atoms with E-state index in [0.717, 1.165) is 35.2 Å². The molecule has 0 saturated carbocycles. The topological polar surface area (TPSA) is 73.3 Å². The summed E-state index contributed by atoms with van der Waals surface area (Å²) in [6, 6.07) is 9.50. The highest BCUT2D eigenvalue weighted by Gasteiger charge is 2.22.